The summed E-state index contributed by atoms with van der Waals surface area (Å²) >= 11 is 0.230. The first-order chi connectivity index (χ1) is 7.95. The molecule has 0 N–H and O–H groups in total. The van der Waals surface area contributed by atoms with Gasteiger partial charge in [-0.3, -0.25) is 0 Å². The Kier molecular flexibility index (Phi) is 27.2. The Bertz CT molecular complexity index is 154. The molecule has 0 aliphatic carbocycles. The first-order valence-electron chi connectivity index (χ1n) is 5.94. The van der Waals surface area contributed by atoms with Gasteiger partial charge in [0.2, 0.25) is 0 Å². The van der Waals surface area contributed by atoms with E-state index in [-0.39, 0.29) is 34.0 Å². The molecule has 0 aromatic rings. The number of hydrogen-bond acceptors (Lipinski definition) is 4. The van der Waals surface area contributed by atoms with Crippen LogP contribution in [0, 0.1) is 0 Å². The van der Waals surface area contributed by atoms with Crippen LogP contribution in [0.3, 0.4) is 0 Å². The van der Waals surface area contributed by atoms with E-state index in [4.69, 9.17) is 0 Å². The normalized spacial score (nSPS) is 7.76. The van der Waals surface area contributed by atoms with E-state index in [1.807, 2.05) is 13.8 Å². The van der Waals surface area contributed by atoms with Crippen molar-refractivity contribution in [3.05, 3.63) is 0 Å². The van der Waals surface area contributed by atoms with Gasteiger partial charge in [0.1, 0.15) is 0 Å². The van der Waals surface area contributed by atoms with Crippen LogP contribution in [0.1, 0.15) is 52.4 Å². The minimum absolute atomic E-state index is 0.205. The Hall–Kier alpha value is -0.261. The summed E-state index contributed by atoms with van der Waals surface area (Å²) in [5.74, 6) is -1.89. The SMILES string of the molecule is CCCCC(=O)[O-].CCCCC(=O)[O-].[CH3][Sn+2][CH3]. The molecular weight excluding hydrogens is 327 g/mol. The van der Waals surface area contributed by atoms with Gasteiger partial charge in [-0.25, -0.2) is 0 Å². The molecule has 0 aliphatic heterocycles. The van der Waals surface area contributed by atoms with Crippen LogP contribution in [0.2, 0.25) is 9.88 Å². The molecular formula is C12H24O4Sn. The summed E-state index contributed by atoms with van der Waals surface area (Å²) in [6, 6.07) is 0. The van der Waals surface area contributed by atoms with Crippen LogP contribution < -0.4 is 10.2 Å². The summed E-state index contributed by atoms with van der Waals surface area (Å²) in [6.07, 6.45) is 3.74. The molecule has 5 heteroatoms. The van der Waals surface area contributed by atoms with Crippen molar-refractivity contribution in [2.75, 3.05) is 0 Å². The monoisotopic (exact) mass is 352 g/mol. The molecule has 0 rings (SSSR count). The van der Waals surface area contributed by atoms with Crippen LogP contribution in [-0.4, -0.2) is 33.1 Å². The molecule has 0 aromatic carbocycles. The third kappa shape index (κ3) is 49.6. The van der Waals surface area contributed by atoms with Gasteiger partial charge >= 0.3 is 31.0 Å². The van der Waals surface area contributed by atoms with Crippen molar-refractivity contribution in [2.45, 2.75) is 62.3 Å². The first kappa shape index (κ1) is 22.0. The Morgan fingerprint density at radius 3 is 1.18 bits per heavy atom. The number of unbranched alkanes of at least 4 members (excludes halogenated alkanes) is 2. The van der Waals surface area contributed by atoms with Crippen molar-refractivity contribution in [3.8, 4) is 0 Å². The third-order valence-corrected chi connectivity index (χ3v) is 1.47. The Morgan fingerprint density at radius 1 is 0.882 bits per heavy atom. The summed E-state index contributed by atoms with van der Waals surface area (Å²) in [6.45, 7) is 3.89. The van der Waals surface area contributed by atoms with E-state index in [0.717, 1.165) is 25.7 Å². The fourth-order valence-corrected chi connectivity index (χ4v) is 0.642. The summed E-state index contributed by atoms with van der Waals surface area (Å²) in [5.41, 5.74) is 0. The molecule has 0 fully saturated rings. The number of rotatable bonds is 6. The van der Waals surface area contributed by atoms with Gasteiger partial charge in [0.25, 0.3) is 0 Å². The molecule has 0 saturated carbocycles. The number of carboxylic acids is 2. The number of carbonyl (C=O) groups excluding carboxylic acids is 2. The number of carboxylic acid groups (broad SMARTS) is 2. The fraction of sp³-hybridized carbons (Fsp3) is 0.833. The predicted octanol–water partition coefficient (Wildman–Crippen LogP) is 0.640. The van der Waals surface area contributed by atoms with Crippen LogP contribution in [-0.2, 0) is 9.59 Å². The average molecular weight is 351 g/mol. The second-order valence-corrected chi connectivity index (χ2v) is 6.31. The number of aliphatic carboxylic acids is 2. The molecule has 0 heterocycles. The topological polar surface area (TPSA) is 80.3 Å². The van der Waals surface area contributed by atoms with Gasteiger partial charge in [-0.05, 0) is 25.7 Å². The standard InChI is InChI=1S/2C5H10O2.2CH3.Sn/c2*1-2-3-4-5(6)7;;;/h2*2-4H2,1H3,(H,6,7);2*1H3;/q;;;;+2/p-2. The quantitative estimate of drug-likeness (QED) is 0.658. The zero-order chi connectivity index (χ0) is 14.1. The van der Waals surface area contributed by atoms with Gasteiger partial charge in [0, 0.05) is 11.9 Å². The third-order valence-electron chi connectivity index (χ3n) is 1.47. The van der Waals surface area contributed by atoms with Crippen LogP contribution in [0.15, 0.2) is 0 Å². The molecule has 0 aromatic heterocycles. The predicted molar refractivity (Wildman–Crippen MR) is 66.5 cm³/mol. The second-order valence-electron chi connectivity index (χ2n) is 3.45. The summed E-state index contributed by atoms with van der Waals surface area (Å²) in [4.78, 5) is 23.9. The second kappa shape index (κ2) is 21.1. The van der Waals surface area contributed by atoms with Crippen molar-refractivity contribution >= 4 is 33.1 Å². The maximum absolute atomic E-state index is 9.65. The van der Waals surface area contributed by atoms with Crippen molar-refractivity contribution in [2.24, 2.45) is 0 Å². The van der Waals surface area contributed by atoms with Crippen molar-refractivity contribution in [1.82, 2.24) is 0 Å². The Balaban J connectivity index is -0.000000188. The molecule has 0 radical (unpaired) electrons. The number of carbonyl (C=O) groups is 2. The zero-order valence-corrected chi connectivity index (χ0v) is 14.2. The zero-order valence-electron chi connectivity index (χ0n) is 11.4. The number of hydrogen-bond donors (Lipinski definition) is 0. The van der Waals surface area contributed by atoms with E-state index in [0.29, 0.717) is 0 Å². The van der Waals surface area contributed by atoms with Crippen molar-refractivity contribution in [1.29, 1.82) is 0 Å². The first-order valence-corrected chi connectivity index (χ1v) is 11.6. The molecule has 0 atom stereocenters. The van der Waals surface area contributed by atoms with E-state index in [9.17, 15) is 19.8 Å². The Labute approximate surface area is 115 Å². The molecule has 0 spiro atoms. The molecule has 17 heavy (non-hydrogen) atoms. The average Bonchev–Trinajstić information content (AvgIpc) is 2.25. The van der Waals surface area contributed by atoms with Gasteiger partial charge in [0.15, 0.2) is 0 Å². The van der Waals surface area contributed by atoms with E-state index < -0.39 is 11.9 Å². The van der Waals surface area contributed by atoms with Gasteiger partial charge in [-0.2, -0.15) is 0 Å². The van der Waals surface area contributed by atoms with Crippen LogP contribution >= 0.6 is 0 Å². The summed E-state index contributed by atoms with van der Waals surface area (Å²) in [5, 5.41) is 19.3. The maximum atomic E-state index is 9.65. The molecule has 100 valence electrons. The summed E-state index contributed by atoms with van der Waals surface area (Å²) < 4.78 is 0. The van der Waals surface area contributed by atoms with E-state index in [1.165, 1.54) is 0 Å². The van der Waals surface area contributed by atoms with Gasteiger partial charge in [-0.1, -0.05) is 26.7 Å². The van der Waals surface area contributed by atoms with E-state index in [2.05, 4.69) is 9.88 Å². The van der Waals surface area contributed by atoms with Crippen LogP contribution in [0.5, 0.6) is 0 Å². The summed E-state index contributed by atoms with van der Waals surface area (Å²) in [7, 11) is 0. The fourth-order valence-electron chi connectivity index (χ4n) is 0.642. The van der Waals surface area contributed by atoms with Crippen molar-refractivity contribution in [3.63, 3.8) is 0 Å². The molecule has 0 amide bonds. The molecule has 0 bridgehead atoms. The molecule has 4 nitrogen and oxygen atoms in total. The van der Waals surface area contributed by atoms with E-state index >= 15 is 0 Å². The minimum atomic E-state index is -0.943. The van der Waals surface area contributed by atoms with Crippen molar-refractivity contribution < 1.29 is 19.8 Å². The van der Waals surface area contributed by atoms with Gasteiger partial charge in [0.05, 0.1) is 0 Å². The van der Waals surface area contributed by atoms with Gasteiger partial charge in [-0.15, -0.1) is 0 Å². The molecule has 0 aliphatic rings. The molecule has 0 unspecified atom stereocenters. The molecule has 0 saturated heterocycles. The Morgan fingerprint density at radius 2 is 1.12 bits per heavy atom. The van der Waals surface area contributed by atoms with Crippen LogP contribution in [0.4, 0.5) is 0 Å². The van der Waals surface area contributed by atoms with Gasteiger partial charge < -0.3 is 19.8 Å². The van der Waals surface area contributed by atoms with Crippen LogP contribution in [0.25, 0.3) is 0 Å². The van der Waals surface area contributed by atoms with E-state index in [1.54, 1.807) is 0 Å².